The molecule has 6 atom stereocenters. The summed E-state index contributed by atoms with van der Waals surface area (Å²) in [7, 11) is 0. The van der Waals surface area contributed by atoms with Crippen LogP contribution in [0.25, 0.3) is 0 Å². The summed E-state index contributed by atoms with van der Waals surface area (Å²) in [6.45, 7) is 3.72. The second-order valence-corrected chi connectivity index (χ2v) is 17.3. The zero-order valence-electron chi connectivity index (χ0n) is 39.1. The number of carbonyl (C=O) groups excluding carboxylic acids is 2. The van der Waals surface area contributed by atoms with Crippen molar-refractivity contribution in [3.8, 4) is 0 Å². The third-order valence-corrected chi connectivity index (χ3v) is 11.5. The number of unbranched alkanes of at least 4 members (excludes halogenated alkanes) is 25. The largest absolute Gasteiger partial charge is 0.479 e. The monoisotopic (exact) mass is 879 g/mol. The Hall–Kier alpha value is -2.57. The van der Waals surface area contributed by atoms with Crippen molar-refractivity contribution >= 4 is 17.9 Å². The Kier molecular flexibility index (Phi) is 38.1. The van der Waals surface area contributed by atoms with Crippen LogP contribution < -0.4 is 0 Å². The summed E-state index contributed by atoms with van der Waals surface area (Å²) in [6.07, 6.45) is 39.1. The van der Waals surface area contributed by atoms with Gasteiger partial charge >= 0.3 is 17.9 Å². The maximum absolute atomic E-state index is 12.8. The summed E-state index contributed by atoms with van der Waals surface area (Å²) in [6, 6.07) is 0. The second-order valence-electron chi connectivity index (χ2n) is 17.3. The molecule has 1 saturated heterocycles. The molecule has 0 aromatic heterocycles. The number of hydrogen-bond donors (Lipinski definition) is 4. The molecule has 1 heterocycles. The maximum atomic E-state index is 12.8. The van der Waals surface area contributed by atoms with Crippen LogP contribution in [-0.2, 0) is 33.3 Å². The van der Waals surface area contributed by atoms with E-state index in [4.69, 9.17) is 18.9 Å². The molecule has 0 saturated carbocycles. The van der Waals surface area contributed by atoms with Gasteiger partial charge in [0.2, 0.25) is 0 Å². The van der Waals surface area contributed by atoms with Crippen LogP contribution >= 0.6 is 0 Å². The molecule has 1 fully saturated rings. The minimum atomic E-state index is -1.86. The Labute approximate surface area is 376 Å². The van der Waals surface area contributed by atoms with E-state index < -0.39 is 61.3 Å². The van der Waals surface area contributed by atoms with Gasteiger partial charge in [-0.25, -0.2) is 4.79 Å². The molecule has 1 aliphatic rings. The van der Waals surface area contributed by atoms with Crippen molar-refractivity contribution in [1.29, 1.82) is 0 Å². The van der Waals surface area contributed by atoms with Gasteiger partial charge in [0.15, 0.2) is 18.5 Å². The molecule has 0 aliphatic carbocycles. The van der Waals surface area contributed by atoms with Crippen LogP contribution in [0.5, 0.6) is 0 Å². The van der Waals surface area contributed by atoms with Gasteiger partial charge in [0.1, 0.15) is 24.9 Å². The van der Waals surface area contributed by atoms with Gasteiger partial charge in [-0.2, -0.15) is 0 Å². The molecule has 0 aromatic carbocycles. The summed E-state index contributed by atoms with van der Waals surface area (Å²) in [5.41, 5.74) is 0. The Morgan fingerprint density at radius 1 is 0.516 bits per heavy atom. The summed E-state index contributed by atoms with van der Waals surface area (Å²) in [5, 5.41) is 39.9. The first-order valence-corrected chi connectivity index (χ1v) is 25.0. The number of aliphatic carboxylic acids is 1. The van der Waals surface area contributed by atoms with Gasteiger partial charge in [0.05, 0.1) is 6.61 Å². The van der Waals surface area contributed by atoms with Gasteiger partial charge in [0.25, 0.3) is 0 Å². The lowest BCUT2D eigenvalue weighted by atomic mass is 9.99. The van der Waals surface area contributed by atoms with Gasteiger partial charge in [-0.3, -0.25) is 9.59 Å². The van der Waals surface area contributed by atoms with E-state index in [1.54, 1.807) is 0 Å². The first-order valence-electron chi connectivity index (χ1n) is 25.0. The summed E-state index contributed by atoms with van der Waals surface area (Å²) >= 11 is 0. The number of rotatable bonds is 42. The molecule has 0 aromatic rings. The van der Waals surface area contributed by atoms with E-state index in [1.165, 1.54) is 109 Å². The van der Waals surface area contributed by atoms with Crippen LogP contribution in [0.2, 0.25) is 0 Å². The van der Waals surface area contributed by atoms with Crippen LogP contribution in [0.4, 0.5) is 0 Å². The van der Waals surface area contributed by atoms with E-state index in [9.17, 15) is 34.8 Å². The van der Waals surface area contributed by atoms with E-state index >= 15 is 0 Å². The van der Waals surface area contributed by atoms with Gasteiger partial charge in [0, 0.05) is 12.8 Å². The standard InChI is InChI=1S/C51H90O11/c1-3-5-7-9-11-13-15-17-19-21-22-24-26-28-30-32-34-36-38-40-45(53)61-43(42-60-51-48(56)46(54)47(55)49(62-51)50(57)58)41-59-44(52)39-37-35-33-31-29-27-25-23-20-18-16-14-12-10-8-6-4-2/h6,8,12,14,18,20,43,46-49,51,54-56H,3-5,7,9-11,13,15-17,19,21-42H2,1-2H3,(H,57,58)/b8-6-,14-12-,20-18-. The SMILES string of the molecule is CC/C=C\C/C=C\C/C=C\CCCCCCCCCC(=O)OCC(COC1OC(C(=O)O)C(O)C(O)C1O)OC(=O)CCCCCCCCCCCCCCCCCCCCC. The van der Waals surface area contributed by atoms with E-state index in [1.807, 2.05) is 0 Å². The molecule has 360 valence electrons. The summed E-state index contributed by atoms with van der Waals surface area (Å²) in [4.78, 5) is 37.0. The van der Waals surface area contributed by atoms with Gasteiger partial charge in [-0.1, -0.05) is 198 Å². The van der Waals surface area contributed by atoms with Crippen LogP contribution in [0.3, 0.4) is 0 Å². The summed E-state index contributed by atoms with van der Waals surface area (Å²) in [5.74, 6) is -2.45. The number of esters is 2. The Bertz CT molecular complexity index is 1170. The molecule has 1 rings (SSSR count). The van der Waals surface area contributed by atoms with Crippen LogP contribution in [-0.4, -0.2) is 88.4 Å². The van der Waals surface area contributed by atoms with E-state index in [-0.39, 0.29) is 19.4 Å². The fourth-order valence-corrected chi connectivity index (χ4v) is 7.60. The van der Waals surface area contributed by atoms with Crippen LogP contribution in [0.1, 0.15) is 219 Å². The second kappa shape index (κ2) is 41.2. The molecule has 6 unspecified atom stereocenters. The number of hydrogen-bond acceptors (Lipinski definition) is 10. The minimum Gasteiger partial charge on any atom is -0.479 e. The zero-order chi connectivity index (χ0) is 45.3. The van der Waals surface area contributed by atoms with Crippen molar-refractivity contribution in [2.24, 2.45) is 0 Å². The fourth-order valence-electron chi connectivity index (χ4n) is 7.60. The predicted molar refractivity (Wildman–Crippen MR) is 248 cm³/mol. The summed E-state index contributed by atoms with van der Waals surface area (Å²) < 4.78 is 21.8. The van der Waals surface area contributed by atoms with Crippen LogP contribution in [0, 0.1) is 0 Å². The van der Waals surface area contributed by atoms with Crippen molar-refractivity contribution < 1.29 is 53.8 Å². The van der Waals surface area contributed by atoms with E-state index in [0.717, 1.165) is 70.6 Å². The lowest BCUT2D eigenvalue weighted by Crippen LogP contribution is -2.60. The molecule has 0 bridgehead atoms. The predicted octanol–water partition coefficient (Wildman–Crippen LogP) is 11.5. The van der Waals surface area contributed by atoms with Gasteiger partial charge in [-0.15, -0.1) is 0 Å². The molecule has 1 aliphatic heterocycles. The number of carbonyl (C=O) groups is 3. The van der Waals surface area contributed by atoms with Gasteiger partial charge in [-0.05, 0) is 44.9 Å². The average Bonchev–Trinajstić information content (AvgIpc) is 3.26. The fraction of sp³-hybridized carbons (Fsp3) is 0.824. The normalized spacial score (nSPS) is 19.8. The topological polar surface area (TPSA) is 169 Å². The molecule has 0 radical (unpaired) electrons. The third kappa shape index (κ3) is 32.1. The quantitative estimate of drug-likeness (QED) is 0.0261. The van der Waals surface area contributed by atoms with Crippen molar-refractivity contribution in [3.63, 3.8) is 0 Å². The molecular weight excluding hydrogens is 789 g/mol. The molecular formula is C51H90O11. The molecule has 62 heavy (non-hydrogen) atoms. The third-order valence-electron chi connectivity index (χ3n) is 11.5. The van der Waals surface area contributed by atoms with Crippen molar-refractivity contribution in [1.82, 2.24) is 0 Å². The number of carboxylic acid groups (broad SMARTS) is 1. The lowest BCUT2D eigenvalue weighted by Gasteiger charge is -2.38. The van der Waals surface area contributed by atoms with Crippen LogP contribution in [0.15, 0.2) is 36.5 Å². The Morgan fingerprint density at radius 2 is 0.952 bits per heavy atom. The Morgan fingerprint density at radius 3 is 1.44 bits per heavy atom. The number of ether oxygens (including phenoxy) is 4. The van der Waals surface area contributed by atoms with E-state index in [2.05, 4.69) is 50.3 Å². The molecule has 11 nitrogen and oxygen atoms in total. The number of allylic oxidation sites excluding steroid dienone is 6. The number of aliphatic hydroxyl groups excluding tert-OH is 3. The highest BCUT2D eigenvalue weighted by Gasteiger charge is 2.47. The number of carboxylic acids is 1. The number of aliphatic hydroxyl groups is 3. The smallest absolute Gasteiger partial charge is 0.335 e. The average molecular weight is 879 g/mol. The first kappa shape index (κ1) is 57.4. The lowest BCUT2D eigenvalue weighted by molar-refractivity contribution is -0.298. The van der Waals surface area contributed by atoms with Crippen molar-refractivity contribution in [2.45, 2.75) is 256 Å². The molecule has 0 amide bonds. The molecule has 4 N–H and O–H groups in total. The van der Waals surface area contributed by atoms with Crippen molar-refractivity contribution in [2.75, 3.05) is 13.2 Å². The highest BCUT2D eigenvalue weighted by atomic mass is 16.7. The van der Waals surface area contributed by atoms with E-state index in [0.29, 0.717) is 12.8 Å². The molecule has 11 heteroatoms. The van der Waals surface area contributed by atoms with Gasteiger partial charge < -0.3 is 39.4 Å². The Balaban J connectivity index is 2.31. The maximum Gasteiger partial charge on any atom is 0.335 e. The highest BCUT2D eigenvalue weighted by Crippen LogP contribution is 2.23. The molecule has 0 spiro atoms. The highest BCUT2D eigenvalue weighted by molar-refractivity contribution is 5.73. The minimum absolute atomic E-state index is 0.184. The first-order chi connectivity index (χ1) is 30.2. The zero-order valence-corrected chi connectivity index (χ0v) is 39.1. The van der Waals surface area contributed by atoms with Crippen molar-refractivity contribution in [3.05, 3.63) is 36.5 Å².